The maximum Gasteiger partial charge on any atom is 0.270 e. The maximum atomic E-state index is 16.1. The number of rotatable bonds is 14. The quantitative estimate of drug-likeness (QED) is 0.0906. The van der Waals surface area contributed by atoms with Gasteiger partial charge in [-0.3, -0.25) is 29.1 Å². The monoisotopic (exact) mass is 926 g/mol. The zero-order chi connectivity index (χ0) is 45.9. The van der Waals surface area contributed by atoms with Gasteiger partial charge in [-0.1, -0.05) is 33.8 Å². The number of anilines is 4. The molecule has 3 aliphatic rings. The van der Waals surface area contributed by atoms with Gasteiger partial charge in [0.15, 0.2) is 5.82 Å². The van der Waals surface area contributed by atoms with Crippen LogP contribution in [0.5, 0.6) is 0 Å². The number of likely N-dealkylation sites (tertiary alicyclic amines) is 1. The Morgan fingerprint density at radius 1 is 0.969 bits per heavy atom. The molecule has 0 bridgehead atoms. The molecule has 3 fully saturated rings. The average molecular weight is 927 g/mol. The lowest BCUT2D eigenvalue weighted by atomic mass is 9.94. The molecule has 1 aromatic carbocycles. The van der Waals surface area contributed by atoms with Crippen LogP contribution in [0.2, 0.25) is 0 Å². The summed E-state index contributed by atoms with van der Waals surface area (Å²) in [7, 11) is -3.72. The first-order valence-electron chi connectivity index (χ1n) is 22.2. The number of hydrogen-bond donors (Lipinski definition) is 4. The number of nitrogens with one attached hydrogen (secondary N) is 4. The van der Waals surface area contributed by atoms with Crippen molar-refractivity contribution < 1.29 is 27.2 Å². The van der Waals surface area contributed by atoms with E-state index >= 15 is 4.39 Å². The maximum absolute atomic E-state index is 16.1. The molecule has 5 aromatic rings. The molecule has 0 unspecified atom stereocenters. The first-order chi connectivity index (χ1) is 31.1. The minimum absolute atomic E-state index is 0.119. The van der Waals surface area contributed by atoms with E-state index in [4.69, 9.17) is 15.1 Å². The van der Waals surface area contributed by atoms with Crippen molar-refractivity contribution in [3.8, 4) is 21.8 Å². The zero-order valence-corrected chi connectivity index (χ0v) is 38.6. The molecule has 344 valence electrons. The van der Waals surface area contributed by atoms with Crippen LogP contribution in [0.3, 0.4) is 0 Å². The summed E-state index contributed by atoms with van der Waals surface area (Å²) < 4.78 is 45.6. The van der Waals surface area contributed by atoms with E-state index in [1.54, 1.807) is 49.8 Å². The molecule has 3 amide bonds. The van der Waals surface area contributed by atoms with Gasteiger partial charge >= 0.3 is 0 Å². The van der Waals surface area contributed by atoms with Crippen molar-refractivity contribution in [2.24, 2.45) is 5.92 Å². The zero-order valence-electron chi connectivity index (χ0n) is 37.0. The number of thiazole rings is 1. The number of nitrogens with zero attached hydrogens (tertiary/aromatic N) is 8. The Kier molecular flexibility index (Phi) is 13.6. The van der Waals surface area contributed by atoms with Crippen molar-refractivity contribution in [2.45, 2.75) is 90.1 Å². The molecule has 7 heterocycles. The summed E-state index contributed by atoms with van der Waals surface area (Å²) in [4.78, 5) is 60.2. The molecule has 0 radical (unpaired) electrons. The number of carbonyl (C=O) groups excluding carboxylic acids is 3. The summed E-state index contributed by atoms with van der Waals surface area (Å²) in [5, 5.41) is 13.7. The summed E-state index contributed by atoms with van der Waals surface area (Å²) in [5.41, 5.74) is 2.57. The van der Waals surface area contributed by atoms with Gasteiger partial charge in [0, 0.05) is 62.5 Å². The fraction of sp³-hybridized carbons (Fsp3) is 0.467. The van der Waals surface area contributed by atoms with E-state index in [0.29, 0.717) is 34.6 Å². The topological polar surface area (TPSA) is 209 Å². The van der Waals surface area contributed by atoms with Gasteiger partial charge in [0.05, 0.1) is 62.5 Å². The minimum atomic E-state index is -3.72. The lowest BCUT2D eigenvalue weighted by Crippen LogP contribution is -2.52. The molecular weight excluding hydrogens is 872 g/mol. The number of carbonyl (C=O) groups is 3. The molecular formula is C45H55FN12O5S2. The molecule has 8 rings (SSSR count). The van der Waals surface area contributed by atoms with E-state index in [0.717, 1.165) is 74.8 Å². The SMILES string of the molecule is CCCS(=O)(=O)Nc1cccc(-c2nc(C(C)(C)C)sc2-c2ccnc(Nc3cnn(C4CCN(CC5CCN(c6ccc(C(=O)N[C@@H]7CCC(=O)NC7=O)nc6)CC5)CC4)c3)n2)c1F. The van der Waals surface area contributed by atoms with Gasteiger partial charge in [-0.25, -0.2) is 32.7 Å². The van der Waals surface area contributed by atoms with Crippen LogP contribution >= 0.6 is 11.3 Å². The predicted molar refractivity (Wildman–Crippen MR) is 248 cm³/mol. The third-order valence-corrected chi connectivity index (χ3v) is 14.9. The standard InChI is InChI=1S/C45H55FN12O5S2/c1-5-23-65(62,63)55-33-8-6-7-32(38(33)46)39-40(64-43(54-39)45(2,3)4)34-13-18-47-44(52-34)50-29-24-49-58(27-29)30-16-19-56(20-17-30)26-28-14-21-57(22-15-28)31-9-10-35(48-25-31)41(60)51-36-11-12-37(59)53-42(36)61/h6-10,13,18,24-25,27-28,30,36,55H,5,11-12,14-17,19-23,26H2,1-4H3,(H,51,60)(H,47,50,52)(H,53,59,61)/t36-/m1/s1. The number of aromatic nitrogens is 6. The molecule has 3 saturated heterocycles. The van der Waals surface area contributed by atoms with E-state index < -0.39 is 33.7 Å². The highest BCUT2D eigenvalue weighted by molar-refractivity contribution is 7.92. The molecule has 0 aliphatic carbocycles. The van der Waals surface area contributed by atoms with Crippen LogP contribution in [0.1, 0.15) is 94.2 Å². The second-order valence-electron chi connectivity index (χ2n) is 18.0. The van der Waals surface area contributed by atoms with E-state index in [1.165, 1.54) is 17.4 Å². The highest BCUT2D eigenvalue weighted by Gasteiger charge is 2.30. The molecule has 4 N–H and O–H groups in total. The normalized spacial score (nSPS) is 18.1. The van der Waals surface area contributed by atoms with Crippen molar-refractivity contribution in [3.05, 3.63) is 77.7 Å². The number of hydrogen-bond acceptors (Lipinski definition) is 14. The van der Waals surface area contributed by atoms with Gasteiger partial charge in [-0.05, 0) is 74.8 Å². The number of sulfonamides is 1. The lowest BCUT2D eigenvalue weighted by Gasteiger charge is -2.38. The fourth-order valence-electron chi connectivity index (χ4n) is 8.43. The molecule has 0 spiro atoms. The minimum Gasteiger partial charge on any atom is -0.370 e. The van der Waals surface area contributed by atoms with Crippen LogP contribution in [0, 0.1) is 11.7 Å². The Hall–Kier alpha value is -5.86. The predicted octanol–water partition coefficient (Wildman–Crippen LogP) is 6.28. The fourth-order valence-corrected chi connectivity index (χ4v) is 10.7. The Bertz CT molecular complexity index is 2630. The number of imide groups is 1. The molecule has 3 aliphatic heterocycles. The van der Waals surface area contributed by atoms with Gasteiger partial charge in [-0.15, -0.1) is 11.3 Å². The smallest absolute Gasteiger partial charge is 0.270 e. The third kappa shape index (κ3) is 11.0. The van der Waals surface area contributed by atoms with Crippen LogP contribution in [-0.4, -0.2) is 105 Å². The molecule has 65 heavy (non-hydrogen) atoms. The van der Waals surface area contributed by atoms with Crippen LogP contribution in [0.15, 0.2) is 61.2 Å². The highest BCUT2D eigenvalue weighted by Crippen LogP contribution is 2.42. The van der Waals surface area contributed by atoms with Crippen LogP contribution in [-0.2, 0) is 25.0 Å². The Morgan fingerprint density at radius 2 is 1.75 bits per heavy atom. The molecule has 1 atom stereocenters. The third-order valence-electron chi connectivity index (χ3n) is 12.0. The number of amides is 3. The summed E-state index contributed by atoms with van der Waals surface area (Å²) >= 11 is 1.42. The summed E-state index contributed by atoms with van der Waals surface area (Å²) in [5.74, 6) is -1.15. The van der Waals surface area contributed by atoms with Crippen LogP contribution < -0.4 is 25.6 Å². The van der Waals surface area contributed by atoms with Crippen molar-refractivity contribution >= 4 is 62.1 Å². The summed E-state index contributed by atoms with van der Waals surface area (Å²) in [6, 6.07) is 9.47. The Balaban J connectivity index is 0.838. The summed E-state index contributed by atoms with van der Waals surface area (Å²) in [6.45, 7) is 12.7. The number of benzene rings is 1. The molecule has 20 heteroatoms. The first kappa shape index (κ1) is 45.7. The van der Waals surface area contributed by atoms with Gasteiger partial charge in [0.25, 0.3) is 5.91 Å². The number of halogens is 1. The second kappa shape index (κ2) is 19.3. The van der Waals surface area contributed by atoms with E-state index in [2.05, 4.69) is 40.4 Å². The second-order valence-corrected chi connectivity index (χ2v) is 20.8. The van der Waals surface area contributed by atoms with Gasteiger partial charge in [0.1, 0.15) is 11.7 Å². The van der Waals surface area contributed by atoms with E-state index in [1.807, 2.05) is 37.7 Å². The van der Waals surface area contributed by atoms with Crippen LogP contribution in [0.4, 0.5) is 27.4 Å². The van der Waals surface area contributed by atoms with Gasteiger partial charge in [0.2, 0.25) is 27.8 Å². The first-order valence-corrected chi connectivity index (χ1v) is 24.6. The van der Waals surface area contributed by atoms with Gasteiger partial charge in [-0.2, -0.15) is 5.10 Å². The molecule has 0 saturated carbocycles. The highest BCUT2D eigenvalue weighted by atomic mass is 32.2. The van der Waals surface area contributed by atoms with Crippen molar-refractivity contribution in [2.75, 3.05) is 53.4 Å². The largest absolute Gasteiger partial charge is 0.370 e. The lowest BCUT2D eigenvalue weighted by molar-refractivity contribution is -0.134. The number of pyridine rings is 1. The Morgan fingerprint density at radius 3 is 2.46 bits per heavy atom. The van der Waals surface area contributed by atoms with Crippen molar-refractivity contribution in [1.82, 2.24) is 45.2 Å². The number of piperidine rings is 3. The molecule has 17 nitrogen and oxygen atoms in total. The summed E-state index contributed by atoms with van der Waals surface area (Å²) in [6.07, 6.45) is 12.0. The van der Waals surface area contributed by atoms with E-state index in [9.17, 15) is 22.8 Å². The molecule has 4 aromatic heterocycles. The van der Waals surface area contributed by atoms with Gasteiger partial charge < -0.3 is 20.4 Å². The van der Waals surface area contributed by atoms with E-state index in [-0.39, 0.29) is 52.9 Å². The van der Waals surface area contributed by atoms with Crippen LogP contribution in [0.25, 0.3) is 21.8 Å². The van der Waals surface area contributed by atoms with Crippen molar-refractivity contribution in [1.29, 1.82) is 0 Å². The average Bonchev–Trinajstić information content (AvgIpc) is 3.95. The Labute approximate surface area is 382 Å². The van der Waals surface area contributed by atoms with Crippen molar-refractivity contribution in [3.63, 3.8) is 0 Å².